The highest BCUT2D eigenvalue weighted by Gasteiger charge is 2.58. The lowest BCUT2D eigenvalue weighted by atomic mass is 9.55. The van der Waals surface area contributed by atoms with Crippen LogP contribution in [-0.2, 0) is 4.74 Å². The Bertz CT molecular complexity index is 605. The van der Waals surface area contributed by atoms with Gasteiger partial charge in [-0.15, -0.1) is 0 Å². The summed E-state index contributed by atoms with van der Waals surface area (Å²) < 4.78 is 24.5. The predicted octanol–water partition coefficient (Wildman–Crippen LogP) is 3.36. The van der Waals surface area contributed by atoms with E-state index in [1.165, 1.54) is 13.2 Å². The van der Waals surface area contributed by atoms with Crippen LogP contribution in [0.15, 0.2) is 12.1 Å². The van der Waals surface area contributed by atoms with E-state index in [-0.39, 0.29) is 28.5 Å². The average molecular weight is 312 g/mol. The molecule has 1 aliphatic carbocycles. The molecule has 0 saturated heterocycles. The monoisotopic (exact) mass is 312 g/mol. The molecule has 2 unspecified atom stereocenters. The number of nitrogens with zero attached hydrogens (tertiary/aromatic N) is 1. The van der Waals surface area contributed by atoms with Crippen LogP contribution in [0.3, 0.4) is 0 Å². The first-order chi connectivity index (χ1) is 10.2. The van der Waals surface area contributed by atoms with Crippen LogP contribution in [0.2, 0.25) is 0 Å². The van der Waals surface area contributed by atoms with E-state index in [1.807, 2.05) is 20.8 Å². The van der Waals surface area contributed by atoms with Gasteiger partial charge in [0.2, 0.25) is 5.82 Å². The van der Waals surface area contributed by atoms with E-state index >= 15 is 0 Å². The Morgan fingerprint density at radius 1 is 1.36 bits per heavy atom. The fraction of sp³-hybridized carbons (Fsp3) is 0.600. The number of halogens is 1. The van der Waals surface area contributed by atoms with Crippen molar-refractivity contribution >= 4 is 11.4 Å². The quantitative estimate of drug-likeness (QED) is 0.666. The first-order valence-electron chi connectivity index (χ1n) is 7.00. The summed E-state index contributed by atoms with van der Waals surface area (Å²) in [6, 6.07) is 2.39. The van der Waals surface area contributed by atoms with Crippen molar-refractivity contribution < 1.29 is 18.8 Å². The largest absolute Gasteiger partial charge is 0.497 e. The van der Waals surface area contributed by atoms with Gasteiger partial charge in [-0.3, -0.25) is 10.1 Å². The number of hydrogen-bond acceptors (Lipinski definition) is 5. The van der Waals surface area contributed by atoms with Crippen LogP contribution in [-0.4, -0.2) is 30.8 Å². The highest BCUT2D eigenvalue weighted by Crippen LogP contribution is 2.53. The zero-order valence-electron chi connectivity index (χ0n) is 13.4. The number of ether oxygens (including phenoxy) is 2. The Balaban J connectivity index is 2.34. The summed E-state index contributed by atoms with van der Waals surface area (Å²) in [6.07, 6.45) is 0.673. The molecule has 0 aromatic heterocycles. The van der Waals surface area contributed by atoms with Gasteiger partial charge in [0.25, 0.3) is 0 Å². The third-order valence-electron chi connectivity index (χ3n) is 5.06. The molecular weight excluding hydrogens is 291 g/mol. The molecule has 1 fully saturated rings. The van der Waals surface area contributed by atoms with Gasteiger partial charge in [-0.05, 0) is 13.3 Å². The molecule has 2 rings (SSSR count). The second-order valence-corrected chi connectivity index (χ2v) is 6.32. The minimum absolute atomic E-state index is 0.0670. The fourth-order valence-electron chi connectivity index (χ4n) is 2.90. The molecule has 22 heavy (non-hydrogen) atoms. The van der Waals surface area contributed by atoms with E-state index in [2.05, 4.69) is 5.32 Å². The van der Waals surface area contributed by atoms with Gasteiger partial charge in [-0.2, -0.15) is 4.39 Å². The first kappa shape index (κ1) is 16.5. The van der Waals surface area contributed by atoms with E-state index in [1.54, 1.807) is 7.11 Å². The second-order valence-electron chi connectivity index (χ2n) is 6.32. The molecular formula is C15H21FN2O4. The smallest absolute Gasteiger partial charge is 0.327 e. The molecule has 0 amide bonds. The van der Waals surface area contributed by atoms with E-state index in [9.17, 15) is 14.5 Å². The van der Waals surface area contributed by atoms with Gasteiger partial charge in [-0.25, -0.2) is 0 Å². The number of benzene rings is 1. The summed E-state index contributed by atoms with van der Waals surface area (Å²) in [5.74, 6) is -0.685. The fourth-order valence-corrected chi connectivity index (χ4v) is 2.90. The van der Waals surface area contributed by atoms with Gasteiger partial charge in [0, 0.05) is 30.7 Å². The SMILES string of the molecule is COc1cc(F)c([N+](=O)[O-])c(NC2CC(C)(OC)C2(C)C)c1. The second kappa shape index (κ2) is 5.39. The normalized spacial score (nSPS) is 26.2. The van der Waals surface area contributed by atoms with E-state index in [0.717, 1.165) is 6.07 Å². The number of nitrogens with one attached hydrogen (secondary N) is 1. The summed E-state index contributed by atoms with van der Waals surface area (Å²) in [4.78, 5) is 10.4. The molecule has 0 aliphatic heterocycles. The van der Waals surface area contributed by atoms with Crippen LogP contribution in [0.4, 0.5) is 15.8 Å². The van der Waals surface area contributed by atoms with Crippen LogP contribution in [0.1, 0.15) is 27.2 Å². The van der Waals surface area contributed by atoms with Gasteiger partial charge in [0.05, 0.1) is 17.6 Å². The van der Waals surface area contributed by atoms with Gasteiger partial charge in [0.1, 0.15) is 11.4 Å². The van der Waals surface area contributed by atoms with Crippen molar-refractivity contribution in [3.05, 3.63) is 28.1 Å². The maximum Gasteiger partial charge on any atom is 0.327 e. The Kier molecular flexibility index (Phi) is 4.04. The summed E-state index contributed by atoms with van der Waals surface area (Å²) >= 11 is 0. The van der Waals surface area contributed by atoms with Crippen LogP contribution in [0.25, 0.3) is 0 Å². The topological polar surface area (TPSA) is 73.6 Å². The number of methoxy groups -OCH3 is 2. The van der Waals surface area contributed by atoms with E-state index in [4.69, 9.17) is 9.47 Å². The van der Waals surface area contributed by atoms with E-state index < -0.39 is 16.4 Å². The maximum absolute atomic E-state index is 13.9. The minimum atomic E-state index is -0.918. The molecule has 0 radical (unpaired) electrons. The predicted molar refractivity (Wildman–Crippen MR) is 80.8 cm³/mol. The molecule has 1 aliphatic rings. The Labute approximate surface area is 128 Å². The standard InChI is InChI=1S/C15H21FN2O4/c1-14(2)12(8-15(14,3)22-5)17-11-7-9(21-4)6-10(16)13(11)18(19)20/h6-7,12,17H,8H2,1-5H3. The molecule has 1 saturated carbocycles. The highest BCUT2D eigenvalue weighted by atomic mass is 19.1. The third kappa shape index (κ3) is 2.39. The van der Waals surface area contributed by atoms with Crippen molar-refractivity contribution in [3.8, 4) is 5.75 Å². The van der Waals surface area contributed by atoms with Crippen molar-refractivity contribution in [2.45, 2.75) is 38.8 Å². The number of anilines is 1. The Morgan fingerprint density at radius 2 is 2.00 bits per heavy atom. The van der Waals surface area contributed by atoms with Gasteiger partial charge < -0.3 is 14.8 Å². The molecule has 2 atom stereocenters. The molecule has 122 valence electrons. The van der Waals surface area contributed by atoms with Gasteiger partial charge in [-0.1, -0.05) is 13.8 Å². The first-order valence-corrected chi connectivity index (χ1v) is 7.00. The number of rotatable bonds is 5. The lowest BCUT2D eigenvalue weighted by Gasteiger charge is -2.59. The van der Waals surface area contributed by atoms with Gasteiger partial charge in [0.15, 0.2) is 0 Å². The summed E-state index contributed by atoms with van der Waals surface area (Å²) in [5, 5.41) is 14.2. The number of nitro groups is 1. The molecule has 0 heterocycles. The molecule has 0 spiro atoms. The molecule has 6 nitrogen and oxygen atoms in total. The highest BCUT2D eigenvalue weighted by molar-refractivity contribution is 5.66. The van der Waals surface area contributed by atoms with Crippen molar-refractivity contribution in [2.24, 2.45) is 5.41 Å². The molecule has 1 aromatic rings. The number of hydrogen-bond donors (Lipinski definition) is 1. The van der Waals surface area contributed by atoms with Crippen molar-refractivity contribution in [1.82, 2.24) is 0 Å². The minimum Gasteiger partial charge on any atom is -0.497 e. The molecule has 0 bridgehead atoms. The van der Waals surface area contributed by atoms with Crippen molar-refractivity contribution in [2.75, 3.05) is 19.5 Å². The van der Waals surface area contributed by atoms with Crippen LogP contribution >= 0.6 is 0 Å². The van der Waals surface area contributed by atoms with Crippen LogP contribution in [0.5, 0.6) is 5.75 Å². The van der Waals surface area contributed by atoms with Gasteiger partial charge >= 0.3 is 5.69 Å². The van der Waals surface area contributed by atoms with E-state index in [0.29, 0.717) is 6.42 Å². The lowest BCUT2D eigenvalue weighted by molar-refractivity contribution is -0.386. The van der Waals surface area contributed by atoms with Crippen molar-refractivity contribution in [1.29, 1.82) is 0 Å². The lowest BCUT2D eigenvalue weighted by Crippen LogP contribution is -2.65. The zero-order chi connectivity index (χ0) is 16.7. The Morgan fingerprint density at radius 3 is 2.45 bits per heavy atom. The average Bonchev–Trinajstić information content (AvgIpc) is 2.45. The number of nitro benzene ring substituents is 1. The van der Waals surface area contributed by atoms with Crippen LogP contribution < -0.4 is 10.1 Å². The van der Waals surface area contributed by atoms with Crippen LogP contribution in [0, 0.1) is 21.3 Å². The molecule has 1 N–H and O–H groups in total. The maximum atomic E-state index is 13.9. The summed E-state index contributed by atoms with van der Waals surface area (Å²) in [6.45, 7) is 6.02. The zero-order valence-corrected chi connectivity index (χ0v) is 13.4. The summed E-state index contributed by atoms with van der Waals surface area (Å²) in [7, 11) is 3.03. The Hall–Kier alpha value is -1.89. The third-order valence-corrected chi connectivity index (χ3v) is 5.06. The van der Waals surface area contributed by atoms with Crippen molar-refractivity contribution in [3.63, 3.8) is 0 Å². The molecule has 1 aromatic carbocycles. The summed E-state index contributed by atoms with van der Waals surface area (Å²) in [5.41, 5.74) is -1.02. The molecule has 7 heteroatoms.